The summed E-state index contributed by atoms with van der Waals surface area (Å²) >= 11 is 9.13. The van der Waals surface area contributed by atoms with E-state index in [9.17, 15) is 19.4 Å². The number of amides is 1. The standard InChI is InChI=1S/C19H23FN8O10P2S2/c20-10-14-9(36-19(10)28-5-25-11-16(21)23-4-24-18(11)28)3-34-40(32,42)38-15-12(29)8(2-33-39(31,41)37-14)35-13(15)6-1-7(17(22)30)27-26-6/h1,4-5,8-10,12-15,19,29H,2-3H2,(H2,22,30)(H,26,27)(H,31,41)(H,32,42)(H2,21,23,24)/t8?,9-,10-,12-,13+,14-,15-,19-,39?,40?/m1/s1. The number of thiol groups is 1. The number of nitrogens with one attached hydrogen (secondary N) is 1. The molecule has 228 valence electrons. The molecule has 42 heavy (non-hydrogen) atoms. The summed E-state index contributed by atoms with van der Waals surface area (Å²) in [5.41, 5.74) is 11.4. The molecule has 3 aromatic rings. The van der Waals surface area contributed by atoms with Gasteiger partial charge in [0.25, 0.3) is 5.91 Å². The van der Waals surface area contributed by atoms with Crippen LogP contribution in [-0.2, 0) is 43.9 Å². The van der Waals surface area contributed by atoms with E-state index in [2.05, 4.69) is 37.4 Å². The molecule has 3 aromatic heterocycles. The van der Waals surface area contributed by atoms with Crippen LogP contribution in [0.1, 0.15) is 28.5 Å². The third-order valence-electron chi connectivity index (χ3n) is 6.74. The molecule has 6 heterocycles. The molecular formula is C19H23FN8O10P2S2. The van der Waals surface area contributed by atoms with E-state index in [0.717, 1.165) is 6.33 Å². The first-order chi connectivity index (χ1) is 19.8. The number of H-pyrrole nitrogens is 1. The van der Waals surface area contributed by atoms with Gasteiger partial charge in [-0.25, -0.2) is 23.9 Å². The summed E-state index contributed by atoms with van der Waals surface area (Å²) < 4.78 is 64.1. The van der Waals surface area contributed by atoms with E-state index < -0.39 is 81.7 Å². The number of halogens is 1. The van der Waals surface area contributed by atoms with Gasteiger partial charge < -0.3 is 35.5 Å². The first-order valence-corrected chi connectivity index (χ1v) is 17.3. The Morgan fingerprint density at radius 1 is 1.19 bits per heavy atom. The fourth-order valence-corrected chi connectivity index (χ4v) is 7.69. The molecule has 7 N–H and O–H groups in total. The number of nitrogens with two attached hydrogens (primary N) is 2. The summed E-state index contributed by atoms with van der Waals surface area (Å²) in [7, 11) is 0. The van der Waals surface area contributed by atoms with E-state index in [1.54, 1.807) is 0 Å². The van der Waals surface area contributed by atoms with Gasteiger partial charge in [-0.15, -0.1) is 0 Å². The molecule has 6 rings (SSSR count). The molecular weight excluding hydrogens is 645 g/mol. The monoisotopic (exact) mass is 668 g/mol. The number of nitrogen functional groups attached to an aromatic ring is 1. The quantitative estimate of drug-likeness (QED) is 0.159. The highest BCUT2D eigenvalue weighted by atomic mass is 32.7. The highest BCUT2D eigenvalue weighted by molar-refractivity contribution is 8.44. The number of ether oxygens (including phenoxy) is 2. The molecule has 18 nitrogen and oxygen atoms in total. The maximum Gasteiger partial charge on any atom is 0.386 e. The van der Waals surface area contributed by atoms with Crippen molar-refractivity contribution in [2.24, 2.45) is 5.73 Å². The number of hydrogen-bond donors (Lipinski definition) is 6. The zero-order valence-corrected chi connectivity index (χ0v) is 24.4. The number of primary amides is 1. The number of nitrogens with zero attached hydrogens (tertiary/aromatic N) is 5. The van der Waals surface area contributed by atoms with E-state index in [4.69, 9.17) is 50.8 Å². The van der Waals surface area contributed by atoms with Crippen LogP contribution in [0.3, 0.4) is 0 Å². The van der Waals surface area contributed by atoms with Crippen LogP contribution in [0, 0.1) is 0 Å². The van der Waals surface area contributed by atoms with Gasteiger partial charge in [0.1, 0.15) is 54.2 Å². The predicted octanol–water partition coefficient (Wildman–Crippen LogP) is 0.0389. The number of aromatic nitrogens is 6. The van der Waals surface area contributed by atoms with Gasteiger partial charge in [0.05, 0.1) is 25.2 Å². The van der Waals surface area contributed by atoms with Crippen LogP contribution in [0.15, 0.2) is 18.7 Å². The lowest BCUT2D eigenvalue weighted by atomic mass is 10.1. The normalized spacial score (nSPS) is 39.3. The smallest absolute Gasteiger partial charge is 0.386 e. The lowest BCUT2D eigenvalue weighted by molar-refractivity contribution is -0.0470. The van der Waals surface area contributed by atoms with Crippen molar-refractivity contribution in [2.45, 2.75) is 49.0 Å². The predicted molar refractivity (Wildman–Crippen MR) is 144 cm³/mol. The largest absolute Gasteiger partial charge is 0.387 e. The summed E-state index contributed by atoms with van der Waals surface area (Å²) in [5.74, 6) is -0.785. The first-order valence-electron chi connectivity index (χ1n) is 12.1. The Bertz CT molecular complexity index is 1620. The molecule has 0 saturated carbocycles. The topological polar surface area (TPSA) is 254 Å². The van der Waals surface area contributed by atoms with E-state index in [0.29, 0.717) is 0 Å². The minimum absolute atomic E-state index is 0.0556. The molecule has 3 aliphatic heterocycles. The average molecular weight is 669 g/mol. The molecule has 3 unspecified atom stereocenters. The second-order valence-electron chi connectivity index (χ2n) is 9.42. The van der Waals surface area contributed by atoms with E-state index in [1.165, 1.54) is 17.0 Å². The number of rotatable bonds is 3. The number of imidazole rings is 1. The SMILES string of the molecule is NC(=O)c1cc([C@@H]2OC3COP(O)(=S)O[C@H]4[C@@H](F)[C@H](n5cnc6c(N)ncnc65)O[C@@H]4COP(=O)(S)O[C@@H]2[C@@H]3O)[nH]n1. The minimum atomic E-state index is -4.34. The summed E-state index contributed by atoms with van der Waals surface area (Å²) in [6.45, 7) is -9.75. The minimum Gasteiger partial charge on any atom is -0.387 e. The molecule has 3 saturated heterocycles. The number of aromatic amines is 1. The van der Waals surface area contributed by atoms with Crippen LogP contribution < -0.4 is 11.5 Å². The maximum absolute atomic E-state index is 15.9. The maximum atomic E-state index is 15.9. The lowest BCUT2D eigenvalue weighted by Gasteiger charge is -2.26. The molecule has 0 aliphatic carbocycles. The van der Waals surface area contributed by atoms with Crippen molar-refractivity contribution in [1.82, 2.24) is 29.7 Å². The lowest BCUT2D eigenvalue weighted by Crippen LogP contribution is -2.34. The number of aliphatic hydroxyl groups is 1. The zero-order chi connectivity index (χ0) is 30.0. The average Bonchev–Trinajstić information content (AvgIpc) is 3.69. The molecule has 1 amide bonds. The van der Waals surface area contributed by atoms with Gasteiger partial charge in [-0.1, -0.05) is 12.2 Å². The van der Waals surface area contributed by atoms with Crippen LogP contribution in [0.25, 0.3) is 11.2 Å². The molecule has 2 bridgehead atoms. The van der Waals surface area contributed by atoms with Crippen LogP contribution in [0.2, 0.25) is 0 Å². The summed E-state index contributed by atoms with van der Waals surface area (Å²) in [6.07, 6.45) is -9.32. The molecule has 0 radical (unpaired) electrons. The Hall–Kier alpha value is -2.13. The van der Waals surface area contributed by atoms with Gasteiger partial charge >= 0.3 is 13.5 Å². The van der Waals surface area contributed by atoms with Gasteiger partial charge in [-0.05, 0) is 17.9 Å². The van der Waals surface area contributed by atoms with Crippen molar-refractivity contribution in [3.8, 4) is 0 Å². The summed E-state index contributed by atoms with van der Waals surface area (Å²) in [4.78, 5) is 34.4. The van der Waals surface area contributed by atoms with Crippen molar-refractivity contribution in [3.05, 3.63) is 30.1 Å². The second-order valence-corrected chi connectivity index (χ2v) is 15.1. The van der Waals surface area contributed by atoms with Gasteiger partial charge in [0.2, 0.25) is 0 Å². The third kappa shape index (κ3) is 5.60. The molecule has 10 atom stereocenters. The Kier molecular flexibility index (Phi) is 7.91. The molecule has 0 spiro atoms. The van der Waals surface area contributed by atoms with Gasteiger partial charge in [-0.3, -0.25) is 28.0 Å². The number of fused-ring (bicyclic) bond motifs is 4. The summed E-state index contributed by atoms with van der Waals surface area (Å²) in [5, 5.41) is 17.3. The second kappa shape index (κ2) is 11.1. The van der Waals surface area contributed by atoms with Gasteiger partial charge in [-0.2, -0.15) is 5.10 Å². The highest BCUT2D eigenvalue weighted by Crippen LogP contribution is 2.58. The van der Waals surface area contributed by atoms with Crippen molar-refractivity contribution in [1.29, 1.82) is 0 Å². The number of anilines is 1. The molecule has 3 aliphatic rings. The van der Waals surface area contributed by atoms with Crippen LogP contribution >= 0.6 is 25.8 Å². The number of carbonyl (C=O) groups is 1. The number of hydrogen-bond acceptors (Lipinski definition) is 15. The van der Waals surface area contributed by atoms with E-state index in [1.807, 2.05) is 0 Å². The molecule has 0 aromatic carbocycles. The Labute approximate surface area is 245 Å². The zero-order valence-electron chi connectivity index (χ0n) is 20.9. The molecule has 23 heteroatoms. The van der Waals surface area contributed by atoms with Crippen LogP contribution in [0.4, 0.5) is 10.2 Å². The van der Waals surface area contributed by atoms with Gasteiger partial charge in [0.15, 0.2) is 23.9 Å². The van der Waals surface area contributed by atoms with Crippen LogP contribution in [0.5, 0.6) is 0 Å². The first kappa shape index (κ1) is 29.9. The number of aliphatic hydroxyl groups excluding tert-OH is 1. The van der Waals surface area contributed by atoms with Crippen molar-refractivity contribution >= 4 is 60.5 Å². The summed E-state index contributed by atoms with van der Waals surface area (Å²) in [6, 6.07) is 1.25. The van der Waals surface area contributed by atoms with Crippen molar-refractivity contribution in [3.63, 3.8) is 0 Å². The fraction of sp³-hybridized carbons (Fsp3) is 0.526. The number of carbonyl (C=O) groups excluding carboxylic acids is 1. The van der Waals surface area contributed by atoms with E-state index >= 15 is 4.39 Å². The van der Waals surface area contributed by atoms with E-state index in [-0.39, 0.29) is 28.4 Å². The number of alkyl halides is 1. The van der Waals surface area contributed by atoms with Gasteiger partial charge in [0, 0.05) is 0 Å². The van der Waals surface area contributed by atoms with Crippen molar-refractivity contribution in [2.75, 3.05) is 18.9 Å². The third-order valence-corrected chi connectivity index (χ3v) is 9.91. The Morgan fingerprint density at radius 3 is 2.69 bits per heavy atom. The Balaban J connectivity index is 1.29. The van der Waals surface area contributed by atoms with Crippen LogP contribution in [-0.4, -0.2) is 95.5 Å². The molecule has 3 fully saturated rings. The van der Waals surface area contributed by atoms with Crippen molar-refractivity contribution < 1.29 is 51.3 Å². The Morgan fingerprint density at radius 2 is 1.95 bits per heavy atom. The fourth-order valence-electron chi connectivity index (χ4n) is 4.79. The highest BCUT2D eigenvalue weighted by Gasteiger charge is 2.53.